The second-order valence-corrected chi connectivity index (χ2v) is 7.01. The summed E-state index contributed by atoms with van der Waals surface area (Å²) >= 11 is 0. The van der Waals surface area contributed by atoms with Crippen LogP contribution < -0.4 is 27.2 Å². The molecule has 0 spiro atoms. The first-order valence-corrected chi connectivity index (χ1v) is 9.36. The third kappa shape index (κ3) is 3.84. The zero-order valence-electron chi connectivity index (χ0n) is 15.1. The van der Waals surface area contributed by atoms with Gasteiger partial charge in [0.2, 0.25) is 0 Å². The van der Waals surface area contributed by atoms with E-state index in [-0.39, 0.29) is 18.0 Å². The lowest BCUT2D eigenvalue weighted by Gasteiger charge is -2.34. The number of carbonyl (C=O) groups is 1. The quantitative estimate of drug-likeness (QED) is 0.506. The second-order valence-electron chi connectivity index (χ2n) is 7.01. The van der Waals surface area contributed by atoms with Crippen LogP contribution in [0.4, 0.5) is 0 Å². The molecule has 0 saturated carbocycles. The molecule has 2 aliphatic heterocycles. The molecule has 4 unspecified atom stereocenters. The first-order chi connectivity index (χ1) is 13.3. The van der Waals surface area contributed by atoms with Crippen molar-refractivity contribution in [2.24, 2.45) is 11.7 Å². The maximum Gasteiger partial charge on any atom is 0.269 e. The van der Waals surface area contributed by atoms with Crippen LogP contribution in [0.25, 0.3) is 0 Å². The molecule has 4 atom stereocenters. The molecule has 8 nitrogen and oxygen atoms in total. The fourth-order valence-corrected chi connectivity index (χ4v) is 3.93. The number of nitrogens with one attached hydrogen (secondary N) is 4. The molecule has 2 saturated heterocycles. The predicted molar refractivity (Wildman–Crippen MR) is 102 cm³/mol. The fourth-order valence-electron chi connectivity index (χ4n) is 3.93. The second kappa shape index (κ2) is 8.10. The van der Waals surface area contributed by atoms with Crippen LogP contribution in [0.3, 0.4) is 0 Å². The number of fused-ring (bicyclic) bond motifs is 1. The van der Waals surface area contributed by atoms with E-state index >= 15 is 0 Å². The summed E-state index contributed by atoms with van der Waals surface area (Å²) in [7, 11) is 0. The summed E-state index contributed by atoms with van der Waals surface area (Å²) in [5.74, 6) is 0.176. The van der Waals surface area contributed by atoms with E-state index in [9.17, 15) is 4.79 Å². The molecule has 0 radical (unpaired) electrons. The summed E-state index contributed by atoms with van der Waals surface area (Å²) < 4.78 is 0. The van der Waals surface area contributed by atoms with E-state index in [4.69, 9.17) is 5.73 Å². The van der Waals surface area contributed by atoms with Gasteiger partial charge in [0.05, 0.1) is 11.7 Å². The third-order valence-electron chi connectivity index (χ3n) is 5.30. The number of nitrogens with zero attached hydrogens (tertiary/aromatic N) is 2. The van der Waals surface area contributed by atoms with E-state index in [0.717, 1.165) is 18.7 Å². The van der Waals surface area contributed by atoms with Gasteiger partial charge >= 0.3 is 0 Å². The van der Waals surface area contributed by atoms with Gasteiger partial charge in [0.25, 0.3) is 5.91 Å². The Hall–Kier alpha value is -2.39. The summed E-state index contributed by atoms with van der Waals surface area (Å²) in [5.41, 5.74) is 14.7. The molecule has 4 heterocycles. The molecule has 0 bridgehead atoms. The van der Waals surface area contributed by atoms with Gasteiger partial charge < -0.3 is 16.4 Å². The number of hydrazine groups is 1. The molecular weight excluding hydrogens is 342 g/mol. The van der Waals surface area contributed by atoms with Gasteiger partial charge in [0.1, 0.15) is 5.69 Å². The zero-order valence-corrected chi connectivity index (χ0v) is 15.1. The van der Waals surface area contributed by atoms with Crippen molar-refractivity contribution in [1.29, 1.82) is 0 Å². The largest absolute Gasteiger partial charge is 0.349 e. The van der Waals surface area contributed by atoms with Gasteiger partial charge in [0.15, 0.2) is 0 Å². The van der Waals surface area contributed by atoms with E-state index < -0.39 is 0 Å². The van der Waals surface area contributed by atoms with Crippen molar-refractivity contribution in [3.05, 3.63) is 59.7 Å². The predicted octanol–water partition coefficient (Wildman–Crippen LogP) is 0.0334. The Morgan fingerprint density at radius 3 is 3.00 bits per heavy atom. The van der Waals surface area contributed by atoms with Crippen molar-refractivity contribution in [2.45, 2.75) is 24.5 Å². The molecule has 0 aromatic carbocycles. The number of rotatable bonds is 5. The maximum absolute atomic E-state index is 12.2. The molecule has 1 amide bonds. The minimum Gasteiger partial charge on any atom is -0.349 e. The van der Waals surface area contributed by atoms with Crippen LogP contribution in [0.5, 0.6) is 0 Å². The highest BCUT2D eigenvalue weighted by molar-refractivity contribution is 5.92. The third-order valence-corrected chi connectivity index (χ3v) is 5.30. The van der Waals surface area contributed by atoms with Crippen LogP contribution in [0.1, 0.15) is 40.3 Å². The Morgan fingerprint density at radius 2 is 2.19 bits per heavy atom. The number of hydrogen-bond acceptors (Lipinski definition) is 7. The Labute approximate surface area is 158 Å². The number of pyridine rings is 2. The van der Waals surface area contributed by atoms with Crippen molar-refractivity contribution < 1.29 is 4.79 Å². The number of hydrogen-bond donors (Lipinski definition) is 5. The summed E-state index contributed by atoms with van der Waals surface area (Å²) in [5, 5.41) is 6.36. The van der Waals surface area contributed by atoms with Crippen LogP contribution in [-0.2, 0) is 0 Å². The topological polar surface area (TPSA) is 117 Å². The maximum atomic E-state index is 12.2. The van der Waals surface area contributed by atoms with Gasteiger partial charge in [-0.1, -0.05) is 12.1 Å². The van der Waals surface area contributed by atoms with E-state index in [1.165, 1.54) is 5.56 Å². The van der Waals surface area contributed by atoms with Gasteiger partial charge in [-0.15, -0.1) is 0 Å². The van der Waals surface area contributed by atoms with Crippen molar-refractivity contribution >= 4 is 5.91 Å². The molecule has 4 rings (SSSR count). The smallest absolute Gasteiger partial charge is 0.269 e. The molecule has 27 heavy (non-hydrogen) atoms. The van der Waals surface area contributed by atoms with E-state index in [1.807, 2.05) is 24.4 Å². The number of piperidine rings is 1. The normalized spacial score (nSPS) is 27.1. The molecule has 0 aliphatic carbocycles. The average Bonchev–Trinajstić information content (AvgIpc) is 3.16. The van der Waals surface area contributed by atoms with Crippen LogP contribution in [0.15, 0.2) is 42.7 Å². The number of carbonyl (C=O) groups excluding carboxylic acids is 1. The zero-order chi connectivity index (χ0) is 18.6. The lowest BCUT2D eigenvalue weighted by molar-refractivity contribution is 0.0949. The SMILES string of the molecule is NCCNC(=O)c1cccc(C2NNC3CNC(c4cccnc4)CC32)n1. The minimum atomic E-state index is -0.191. The van der Waals surface area contributed by atoms with E-state index in [0.29, 0.717) is 30.7 Å². The molecule has 8 heteroatoms. The van der Waals surface area contributed by atoms with Gasteiger partial charge in [-0.05, 0) is 30.2 Å². The van der Waals surface area contributed by atoms with E-state index in [1.54, 1.807) is 12.3 Å². The van der Waals surface area contributed by atoms with Crippen molar-refractivity contribution in [1.82, 2.24) is 31.5 Å². The van der Waals surface area contributed by atoms with Crippen molar-refractivity contribution in [2.75, 3.05) is 19.6 Å². The molecule has 6 N–H and O–H groups in total. The summed E-state index contributed by atoms with van der Waals surface area (Å²) in [6, 6.07) is 10.3. The van der Waals surface area contributed by atoms with Gasteiger partial charge in [0, 0.05) is 50.0 Å². The Bertz CT molecular complexity index is 785. The Morgan fingerprint density at radius 1 is 1.26 bits per heavy atom. The standard InChI is InChI=1S/C19H25N7O/c20-6-8-22-19(27)15-5-1-4-14(24-15)18-13-9-16(12-3-2-7-21-10-12)23-11-17(13)25-26-18/h1-5,7,10,13,16-18,23,25-26H,6,8-9,11,20H2,(H,22,27). The Balaban J connectivity index is 1.51. The van der Waals surface area contributed by atoms with Gasteiger partial charge in [-0.3, -0.25) is 15.2 Å². The molecule has 2 fully saturated rings. The highest BCUT2D eigenvalue weighted by atomic mass is 16.1. The van der Waals surface area contributed by atoms with Crippen molar-refractivity contribution in [3.8, 4) is 0 Å². The molecular formula is C19H25N7O. The first kappa shape index (κ1) is 18.0. The van der Waals surface area contributed by atoms with Gasteiger partial charge in [-0.2, -0.15) is 0 Å². The van der Waals surface area contributed by atoms with Crippen LogP contribution >= 0.6 is 0 Å². The summed E-state index contributed by atoms with van der Waals surface area (Å²) in [6.07, 6.45) is 4.68. The number of amides is 1. The molecule has 2 aliphatic rings. The van der Waals surface area contributed by atoms with Crippen LogP contribution in [0, 0.1) is 5.92 Å². The average molecular weight is 367 g/mol. The number of aromatic nitrogens is 2. The van der Waals surface area contributed by atoms with Crippen LogP contribution in [0.2, 0.25) is 0 Å². The summed E-state index contributed by atoms with van der Waals surface area (Å²) in [4.78, 5) is 21.1. The fraction of sp³-hybridized carbons (Fsp3) is 0.421. The monoisotopic (exact) mass is 367 g/mol. The highest BCUT2D eigenvalue weighted by Gasteiger charge is 2.42. The minimum absolute atomic E-state index is 0.0542. The van der Waals surface area contributed by atoms with Gasteiger partial charge in [-0.25, -0.2) is 10.4 Å². The lowest BCUT2D eigenvalue weighted by Crippen LogP contribution is -2.46. The van der Waals surface area contributed by atoms with Crippen molar-refractivity contribution in [3.63, 3.8) is 0 Å². The lowest BCUT2D eigenvalue weighted by atomic mass is 9.81. The molecule has 2 aromatic rings. The number of nitrogens with two attached hydrogens (primary N) is 1. The first-order valence-electron chi connectivity index (χ1n) is 9.36. The molecule has 142 valence electrons. The molecule has 2 aromatic heterocycles. The van der Waals surface area contributed by atoms with Crippen LogP contribution in [-0.4, -0.2) is 41.6 Å². The highest BCUT2D eigenvalue weighted by Crippen LogP contribution is 2.37. The van der Waals surface area contributed by atoms with E-state index in [2.05, 4.69) is 37.5 Å². The Kier molecular flexibility index (Phi) is 5.40. The summed E-state index contributed by atoms with van der Waals surface area (Å²) in [6.45, 7) is 1.72.